The number of ether oxygens (including phenoxy) is 1. The van der Waals surface area contributed by atoms with Crippen LogP contribution in [0.5, 0.6) is 0 Å². The molecule has 0 aromatic heterocycles. The predicted molar refractivity (Wildman–Crippen MR) is 48.1 cm³/mol. The molecule has 0 fully saturated rings. The largest absolute Gasteiger partial charge is 0.375 e. The number of rotatable bonds is 5. The van der Waals surface area contributed by atoms with Gasteiger partial charge in [0.2, 0.25) is 5.91 Å². The molecule has 1 amide bonds. The summed E-state index contributed by atoms with van der Waals surface area (Å²) in [5.74, 6) is 0.0272. The second-order valence-electron chi connectivity index (χ2n) is 3.05. The van der Waals surface area contributed by atoms with E-state index in [9.17, 15) is 4.79 Å². The van der Waals surface area contributed by atoms with Crippen LogP contribution in [0, 0.1) is 0 Å². The number of amides is 1. The molecule has 0 aliphatic rings. The van der Waals surface area contributed by atoms with Crippen LogP contribution in [-0.2, 0) is 9.53 Å². The van der Waals surface area contributed by atoms with Crippen molar-refractivity contribution in [2.75, 3.05) is 47.9 Å². The minimum absolute atomic E-state index is 0.0272. The van der Waals surface area contributed by atoms with E-state index in [0.717, 1.165) is 13.1 Å². The molecular formula is C8H18N2O2. The van der Waals surface area contributed by atoms with Gasteiger partial charge in [-0.15, -0.1) is 0 Å². The highest BCUT2D eigenvalue weighted by Gasteiger charge is 2.06. The number of methoxy groups -OCH3 is 1. The smallest absolute Gasteiger partial charge is 0.248 e. The van der Waals surface area contributed by atoms with Crippen LogP contribution in [0.15, 0.2) is 0 Å². The van der Waals surface area contributed by atoms with Gasteiger partial charge < -0.3 is 14.5 Å². The Balaban J connectivity index is 3.56. The first-order chi connectivity index (χ1) is 5.57. The third-order valence-corrected chi connectivity index (χ3v) is 1.58. The first-order valence-corrected chi connectivity index (χ1v) is 3.95. The minimum Gasteiger partial charge on any atom is -0.375 e. The number of carbonyl (C=O) groups excluding carboxylic acids is 1. The molecule has 0 aromatic rings. The summed E-state index contributed by atoms with van der Waals surface area (Å²) in [6.45, 7) is 1.80. The average Bonchev–Trinajstić information content (AvgIpc) is 2.00. The van der Waals surface area contributed by atoms with E-state index in [4.69, 9.17) is 4.74 Å². The highest BCUT2D eigenvalue weighted by atomic mass is 16.5. The second-order valence-corrected chi connectivity index (χ2v) is 3.05. The summed E-state index contributed by atoms with van der Waals surface area (Å²) in [6, 6.07) is 0. The van der Waals surface area contributed by atoms with Gasteiger partial charge in [-0.2, -0.15) is 0 Å². The first-order valence-electron chi connectivity index (χ1n) is 3.95. The van der Waals surface area contributed by atoms with Crippen molar-refractivity contribution in [3.8, 4) is 0 Å². The molecule has 4 nitrogen and oxygen atoms in total. The normalized spacial score (nSPS) is 10.4. The van der Waals surface area contributed by atoms with Crippen LogP contribution in [0.2, 0.25) is 0 Å². The molecule has 0 unspecified atom stereocenters. The molecule has 0 saturated carbocycles. The maximum absolute atomic E-state index is 11.1. The van der Waals surface area contributed by atoms with E-state index in [1.807, 2.05) is 19.0 Å². The Bertz CT molecular complexity index is 137. The molecule has 0 aliphatic heterocycles. The van der Waals surface area contributed by atoms with Crippen LogP contribution in [0.1, 0.15) is 0 Å². The quantitative estimate of drug-likeness (QED) is 0.571. The van der Waals surface area contributed by atoms with Gasteiger partial charge in [-0.05, 0) is 14.1 Å². The molecule has 0 N–H and O–H groups in total. The number of carbonyl (C=O) groups is 1. The van der Waals surface area contributed by atoms with E-state index in [0.29, 0.717) is 0 Å². The van der Waals surface area contributed by atoms with Crippen molar-refractivity contribution in [3.63, 3.8) is 0 Å². The van der Waals surface area contributed by atoms with Gasteiger partial charge >= 0.3 is 0 Å². The van der Waals surface area contributed by atoms with Crippen LogP contribution in [0.25, 0.3) is 0 Å². The van der Waals surface area contributed by atoms with E-state index >= 15 is 0 Å². The summed E-state index contributed by atoms with van der Waals surface area (Å²) in [4.78, 5) is 14.8. The van der Waals surface area contributed by atoms with Gasteiger partial charge in [0.05, 0.1) is 0 Å². The zero-order valence-electron chi connectivity index (χ0n) is 8.33. The van der Waals surface area contributed by atoms with Crippen molar-refractivity contribution in [1.82, 2.24) is 9.80 Å². The lowest BCUT2D eigenvalue weighted by molar-refractivity contribution is -0.133. The van der Waals surface area contributed by atoms with Gasteiger partial charge in [0.15, 0.2) is 0 Å². The Kier molecular flexibility index (Phi) is 5.66. The van der Waals surface area contributed by atoms with Crippen molar-refractivity contribution < 1.29 is 9.53 Å². The summed E-state index contributed by atoms with van der Waals surface area (Å²) >= 11 is 0. The van der Waals surface area contributed by atoms with Crippen molar-refractivity contribution in [2.24, 2.45) is 0 Å². The predicted octanol–water partition coefficient (Wildman–Crippen LogP) is -0.347. The summed E-state index contributed by atoms with van der Waals surface area (Å²) in [7, 11) is 7.27. The molecule has 0 rings (SSSR count). The molecule has 0 spiro atoms. The SMILES string of the molecule is COCC(=O)N(C)CCN(C)C. The van der Waals surface area contributed by atoms with Gasteiger partial charge in [-0.25, -0.2) is 0 Å². The average molecular weight is 174 g/mol. The van der Waals surface area contributed by atoms with E-state index in [1.165, 1.54) is 7.11 Å². The number of hydrogen-bond donors (Lipinski definition) is 0. The fourth-order valence-electron chi connectivity index (χ4n) is 0.708. The molecule has 0 bridgehead atoms. The molecule has 12 heavy (non-hydrogen) atoms. The van der Waals surface area contributed by atoms with Gasteiger partial charge in [-0.1, -0.05) is 0 Å². The minimum atomic E-state index is 0.0272. The molecule has 0 heterocycles. The van der Waals surface area contributed by atoms with Gasteiger partial charge in [0.1, 0.15) is 6.61 Å². The van der Waals surface area contributed by atoms with Crippen LogP contribution in [0.4, 0.5) is 0 Å². The van der Waals surface area contributed by atoms with Crippen molar-refractivity contribution in [3.05, 3.63) is 0 Å². The Morgan fingerprint density at radius 2 is 1.83 bits per heavy atom. The third-order valence-electron chi connectivity index (χ3n) is 1.58. The number of hydrogen-bond acceptors (Lipinski definition) is 3. The lowest BCUT2D eigenvalue weighted by Gasteiger charge is -2.18. The van der Waals surface area contributed by atoms with Crippen LogP contribution < -0.4 is 0 Å². The number of likely N-dealkylation sites (N-methyl/N-ethyl adjacent to an activating group) is 2. The molecule has 0 atom stereocenters. The van der Waals surface area contributed by atoms with Gasteiger partial charge in [-0.3, -0.25) is 4.79 Å². The number of nitrogens with zero attached hydrogens (tertiary/aromatic N) is 2. The Hall–Kier alpha value is -0.610. The van der Waals surface area contributed by atoms with Gasteiger partial charge in [0.25, 0.3) is 0 Å². The summed E-state index contributed by atoms with van der Waals surface area (Å²) in [6.07, 6.45) is 0. The molecule has 0 aliphatic carbocycles. The standard InChI is InChI=1S/C8H18N2O2/c1-9(2)5-6-10(3)8(11)7-12-4/h5-7H2,1-4H3. The molecular weight excluding hydrogens is 156 g/mol. The maximum atomic E-state index is 11.1. The summed E-state index contributed by atoms with van der Waals surface area (Å²) in [5, 5.41) is 0. The molecule has 0 radical (unpaired) electrons. The van der Waals surface area contributed by atoms with Crippen LogP contribution in [-0.4, -0.2) is 63.7 Å². The Labute approximate surface area is 74.1 Å². The molecule has 0 saturated heterocycles. The zero-order valence-corrected chi connectivity index (χ0v) is 8.33. The Morgan fingerprint density at radius 1 is 1.25 bits per heavy atom. The fraction of sp³-hybridized carbons (Fsp3) is 0.875. The topological polar surface area (TPSA) is 32.8 Å². The van der Waals surface area contributed by atoms with Crippen molar-refractivity contribution in [1.29, 1.82) is 0 Å². The highest BCUT2D eigenvalue weighted by Crippen LogP contribution is 1.86. The van der Waals surface area contributed by atoms with Crippen molar-refractivity contribution >= 4 is 5.91 Å². The third kappa shape index (κ3) is 5.09. The Morgan fingerprint density at radius 3 is 2.25 bits per heavy atom. The van der Waals surface area contributed by atoms with E-state index in [1.54, 1.807) is 11.9 Å². The van der Waals surface area contributed by atoms with Crippen LogP contribution in [0.3, 0.4) is 0 Å². The zero-order chi connectivity index (χ0) is 9.56. The van der Waals surface area contributed by atoms with Crippen molar-refractivity contribution in [2.45, 2.75) is 0 Å². The van der Waals surface area contributed by atoms with E-state index < -0.39 is 0 Å². The fourth-order valence-corrected chi connectivity index (χ4v) is 0.708. The monoisotopic (exact) mass is 174 g/mol. The van der Waals surface area contributed by atoms with Crippen LogP contribution >= 0.6 is 0 Å². The summed E-state index contributed by atoms with van der Waals surface area (Å²) in [5.41, 5.74) is 0. The summed E-state index contributed by atoms with van der Waals surface area (Å²) < 4.78 is 4.73. The molecule has 72 valence electrons. The molecule has 4 heteroatoms. The first kappa shape index (κ1) is 11.4. The molecule has 0 aromatic carbocycles. The highest BCUT2D eigenvalue weighted by molar-refractivity contribution is 5.77. The van der Waals surface area contributed by atoms with E-state index in [2.05, 4.69) is 0 Å². The lowest BCUT2D eigenvalue weighted by atomic mass is 10.5. The lowest BCUT2D eigenvalue weighted by Crippen LogP contribution is -2.35. The maximum Gasteiger partial charge on any atom is 0.248 e. The van der Waals surface area contributed by atoms with E-state index in [-0.39, 0.29) is 12.5 Å². The second kappa shape index (κ2) is 5.97. The van der Waals surface area contributed by atoms with Gasteiger partial charge in [0, 0.05) is 27.2 Å².